The van der Waals surface area contributed by atoms with Gasteiger partial charge >= 0.3 is 0 Å². The molecule has 1 saturated heterocycles. The Morgan fingerprint density at radius 2 is 1.73 bits per heavy atom. The molecule has 6 nitrogen and oxygen atoms in total. The van der Waals surface area contributed by atoms with Gasteiger partial charge in [-0.05, 0) is 31.2 Å². The number of thioether (sulfide) groups is 1. The highest BCUT2D eigenvalue weighted by Crippen LogP contribution is 2.34. The van der Waals surface area contributed by atoms with Crippen molar-refractivity contribution in [3.63, 3.8) is 0 Å². The van der Waals surface area contributed by atoms with Crippen LogP contribution in [0.5, 0.6) is 0 Å². The van der Waals surface area contributed by atoms with Gasteiger partial charge in [-0.25, -0.2) is 0 Å². The van der Waals surface area contributed by atoms with Crippen molar-refractivity contribution in [2.75, 3.05) is 54.8 Å². The first-order chi connectivity index (χ1) is 14.6. The number of fused-ring (bicyclic) bond motifs is 1. The molecule has 7 heteroatoms. The van der Waals surface area contributed by atoms with Gasteiger partial charge in [-0.15, -0.1) is 11.8 Å². The minimum absolute atomic E-state index is 0.0149. The normalized spacial score (nSPS) is 18.1. The Kier molecular flexibility index (Phi) is 6.59. The first kappa shape index (κ1) is 20.8. The third-order valence-electron chi connectivity index (χ3n) is 5.76. The smallest absolute Gasteiger partial charge is 0.240 e. The quantitative estimate of drug-likeness (QED) is 0.772. The van der Waals surface area contributed by atoms with Crippen LogP contribution in [0.15, 0.2) is 59.5 Å². The van der Waals surface area contributed by atoms with E-state index in [1.54, 1.807) is 4.90 Å². The molecule has 4 rings (SSSR count). The van der Waals surface area contributed by atoms with Crippen LogP contribution in [-0.4, -0.2) is 67.8 Å². The fourth-order valence-electron chi connectivity index (χ4n) is 3.98. The second kappa shape index (κ2) is 9.53. The van der Waals surface area contributed by atoms with E-state index in [0.29, 0.717) is 12.3 Å². The fourth-order valence-corrected chi connectivity index (χ4v) is 4.91. The summed E-state index contributed by atoms with van der Waals surface area (Å²) in [5.74, 6) is 0.255. The average Bonchev–Trinajstić information content (AvgIpc) is 2.80. The van der Waals surface area contributed by atoms with Crippen LogP contribution < -0.4 is 15.1 Å². The highest BCUT2D eigenvalue weighted by molar-refractivity contribution is 8.00. The molecule has 1 fully saturated rings. The van der Waals surface area contributed by atoms with Crippen LogP contribution in [0.4, 0.5) is 11.4 Å². The van der Waals surface area contributed by atoms with E-state index < -0.39 is 0 Å². The number of amides is 2. The van der Waals surface area contributed by atoms with Crippen LogP contribution in [0, 0.1) is 0 Å². The number of hydrogen-bond acceptors (Lipinski definition) is 5. The lowest BCUT2D eigenvalue weighted by Gasteiger charge is -2.39. The zero-order chi connectivity index (χ0) is 20.9. The zero-order valence-corrected chi connectivity index (χ0v) is 18.1. The number of carbonyl (C=O) groups excluding carboxylic acids is 2. The standard InChI is InChI=1S/C23H28N4O2S/c1-18(25-11-13-26(14-12-25)19-7-3-2-4-8-19)15-24-22(28)16-27-20-9-5-6-10-21(20)30-17-23(27)29/h2-10,18H,11-17H2,1H3,(H,24,28). The maximum absolute atomic E-state index is 12.6. The summed E-state index contributed by atoms with van der Waals surface area (Å²) in [4.78, 5) is 32.4. The van der Waals surface area contributed by atoms with Crippen LogP contribution in [0.25, 0.3) is 0 Å². The van der Waals surface area contributed by atoms with Gasteiger partial charge in [-0.3, -0.25) is 14.5 Å². The zero-order valence-electron chi connectivity index (χ0n) is 17.3. The molecule has 0 aromatic heterocycles. The molecule has 2 aliphatic heterocycles. The molecule has 2 aliphatic rings. The van der Waals surface area contributed by atoms with Gasteiger partial charge < -0.3 is 15.1 Å². The second-order valence-electron chi connectivity index (χ2n) is 7.75. The van der Waals surface area contributed by atoms with Crippen molar-refractivity contribution in [2.24, 2.45) is 0 Å². The van der Waals surface area contributed by atoms with Crippen LogP contribution >= 0.6 is 11.8 Å². The fraction of sp³-hybridized carbons (Fsp3) is 0.391. The van der Waals surface area contributed by atoms with Crippen LogP contribution in [0.3, 0.4) is 0 Å². The Morgan fingerprint density at radius 3 is 2.50 bits per heavy atom. The molecule has 0 radical (unpaired) electrons. The van der Waals surface area contributed by atoms with Crippen molar-refractivity contribution in [1.82, 2.24) is 10.2 Å². The van der Waals surface area contributed by atoms with Crippen molar-refractivity contribution in [1.29, 1.82) is 0 Å². The molecular weight excluding hydrogens is 396 g/mol. The number of para-hydroxylation sites is 2. The molecule has 158 valence electrons. The number of carbonyl (C=O) groups is 2. The lowest BCUT2D eigenvalue weighted by molar-refractivity contribution is -0.123. The first-order valence-corrected chi connectivity index (χ1v) is 11.4. The minimum atomic E-state index is -0.111. The van der Waals surface area contributed by atoms with Gasteiger partial charge in [-0.2, -0.15) is 0 Å². The number of piperazine rings is 1. The molecule has 0 aliphatic carbocycles. The van der Waals surface area contributed by atoms with Crippen molar-refractivity contribution < 1.29 is 9.59 Å². The largest absolute Gasteiger partial charge is 0.369 e. The van der Waals surface area contributed by atoms with Crippen LogP contribution in [0.1, 0.15) is 6.92 Å². The molecule has 2 amide bonds. The average molecular weight is 425 g/mol. The van der Waals surface area contributed by atoms with Crippen molar-refractivity contribution in [3.8, 4) is 0 Å². The van der Waals surface area contributed by atoms with Gasteiger partial charge in [0.1, 0.15) is 6.54 Å². The van der Waals surface area contributed by atoms with Crippen molar-refractivity contribution in [2.45, 2.75) is 17.9 Å². The van der Waals surface area contributed by atoms with Gasteiger partial charge in [0.25, 0.3) is 0 Å². The summed E-state index contributed by atoms with van der Waals surface area (Å²) in [5.41, 5.74) is 2.10. The number of benzene rings is 2. The molecule has 0 bridgehead atoms. The van der Waals surface area contributed by atoms with Gasteiger partial charge in [0.05, 0.1) is 11.4 Å². The Morgan fingerprint density at radius 1 is 1.03 bits per heavy atom. The second-order valence-corrected chi connectivity index (χ2v) is 8.77. The Balaban J connectivity index is 1.25. The molecular formula is C23H28N4O2S. The number of rotatable bonds is 6. The maximum Gasteiger partial charge on any atom is 0.240 e. The number of nitrogens with one attached hydrogen (secondary N) is 1. The van der Waals surface area contributed by atoms with Gasteiger partial charge in [-0.1, -0.05) is 30.3 Å². The number of hydrogen-bond donors (Lipinski definition) is 1. The molecule has 30 heavy (non-hydrogen) atoms. The third-order valence-corrected chi connectivity index (χ3v) is 6.81. The maximum atomic E-state index is 12.6. The van der Waals surface area contributed by atoms with E-state index in [2.05, 4.69) is 46.3 Å². The van der Waals surface area contributed by atoms with Crippen molar-refractivity contribution >= 4 is 35.0 Å². The Bertz CT molecular complexity index is 884. The summed E-state index contributed by atoms with van der Waals surface area (Å²) < 4.78 is 0. The van der Waals surface area contributed by atoms with E-state index in [0.717, 1.165) is 36.8 Å². The topological polar surface area (TPSA) is 55.9 Å². The van der Waals surface area contributed by atoms with E-state index in [9.17, 15) is 9.59 Å². The summed E-state index contributed by atoms with van der Waals surface area (Å²) >= 11 is 1.53. The Labute approximate surface area is 182 Å². The number of nitrogens with zero attached hydrogens (tertiary/aromatic N) is 3. The highest BCUT2D eigenvalue weighted by atomic mass is 32.2. The molecule has 1 N–H and O–H groups in total. The van der Waals surface area contributed by atoms with Crippen LogP contribution in [-0.2, 0) is 9.59 Å². The van der Waals surface area contributed by atoms with E-state index in [1.165, 1.54) is 17.4 Å². The van der Waals surface area contributed by atoms with E-state index in [1.807, 2.05) is 30.3 Å². The molecule has 2 heterocycles. The van der Waals surface area contributed by atoms with Gasteiger partial charge in [0.15, 0.2) is 0 Å². The van der Waals surface area contributed by atoms with Crippen molar-refractivity contribution in [3.05, 3.63) is 54.6 Å². The van der Waals surface area contributed by atoms with Gasteiger partial charge in [0, 0.05) is 49.3 Å². The van der Waals surface area contributed by atoms with E-state index in [4.69, 9.17) is 0 Å². The monoisotopic (exact) mass is 424 g/mol. The summed E-state index contributed by atoms with van der Waals surface area (Å²) in [6.45, 7) is 6.73. The van der Waals surface area contributed by atoms with Gasteiger partial charge in [0.2, 0.25) is 11.8 Å². The molecule has 1 unspecified atom stereocenters. The minimum Gasteiger partial charge on any atom is -0.369 e. The lowest BCUT2D eigenvalue weighted by Crippen LogP contribution is -2.53. The number of anilines is 2. The summed E-state index contributed by atoms with van der Waals surface area (Å²) in [5, 5.41) is 3.03. The lowest BCUT2D eigenvalue weighted by atomic mass is 10.2. The highest BCUT2D eigenvalue weighted by Gasteiger charge is 2.27. The molecule has 1 atom stereocenters. The van der Waals surface area contributed by atoms with E-state index >= 15 is 0 Å². The predicted octanol–water partition coefficient (Wildman–Crippen LogP) is 2.45. The molecule has 2 aromatic carbocycles. The SMILES string of the molecule is CC(CNC(=O)CN1C(=O)CSc2ccccc21)N1CCN(c2ccccc2)CC1. The summed E-state index contributed by atoms with van der Waals surface area (Å²) in [7, 11) is 0. The summed E-state index contributed by atoms with van der Waals surface area (Å²) in [6.07, 6.45) is 0. The van der Waals surface area contributed by atoms with Crippen LogP contribution in [0.2, 0.25) is 0 Å². The Hall–Kier alpha value is -2.51. The third kappa shape index (κ3) is 4.79. The predicted molar refractivity (Wildman–Crippen MR) is 122 cm³/mol. The molecule has 2 aromatic rings. The molecule has 0 spiro atoms. The van der Waals surface area contributed by atoms with E-state index in [-0.39, 0.29) is 24.4 Å². The molecule has 0 saturated carbocycles. The summed E-state index contributed by atoms with van der Waals surface area (Å²) in [6, 6.07) is 18.5. The first-order valence-electron chi connectivity index (χ1n) is 10.4.